The molecule has 0 saturated heterocycles. The highest BCUT2D eigenvalue weighted by atomic mass is 79.9. The number of carboxylic acid groups (broad SMARTS) is 1. The molecule has 1 aromatic carbocycles. The Morgan fingerprint density at radius 2 is 1.90 bits per heavy atom. The average Bonchev–Trinajstić information content (AvgIpc) is 2.34. The zero-order valence-corrected chi connectivity index (χ0v) is 14.1. The minimum Gasteiger partial charge on any atom is -0.478 e. The van der Waals surface area contributed by atoms with Crippen molar-refractivity contribution in [1.82, 2.24) is 4.90 Å². The van der Waals surface area contributed by atoms with Crippen molar-refractivity contribution < 1.29 is 9.90 Å². The third-order valence-corrected chi connectivity index (χ3v) is 3.72. The van der Waals surface area contributed by atoms with E-state index in [1.54, 1.807) is 12.1 Å². The Morgan fingerprint density at radius 1 is 1.30 bits per heavy atom. The summed E-state index contributed by atoms with van der Waals surface area (Å²) in [5, 5.41) is 12.4. The molecule has 0 heterocycles. The Kier molecular flexibility index (Phi) is 6.49. The Morgan fingerprint density at radius 3 is 2.40 bits per heavy atom. The minimum atomic E-state index is -0.918. The van der Waals surface area contributed by atoms with Crippen LogP contribution in [0.15, 0.2) is 22.7 Å². The lowest BCUT2D eigenvalue weighted by Crippen LogP contribution is -2.40. The van der Waals surface area contributed by atoms with Crippen molar-refractivity contribution >= 4 is 27.6 Å². The predicted molar refractivity (Wildman–Crippen MR) is 86.6 cm³/mol. The van der Waals surface area contributed by atoms with E-state index in [1.807, 2.05) is 6.07 Å². The van der Waals surface area contributed by atoms with Crippen LogP contribution in [-0.2, 0) is 0 Å². The molecule has 20 heavy (non-hydrogen) atoms. The molecule has 0 saturated carbocycles. The van der Waals surface area contributed by atoms with E-state index in [9.17, 15) is 9.90 Å². The molecule has 0 amide bonds. The van der Waals surface area contributed by atoms with E-state index in [0.717, 1.165) is 17.6 Å². The molecule has 112 valence electrons. The van der Waals surface area contributed by atoms with Gasteiger partial charge in [-0.25, -0.2) is 4.79 Å². The van der Waals surface area contributed by atoms with Crippen LogP contribution < -0.4 is 5.32 Å². The van der Waals surface area contributed by atoms with Gasteiger partial charge in [-0.05, 0) is 45.9 Å². The third-order valence-electron chi connectivity index (χ3n) is 3.22. The molecule has 0 bridgehead atoms. The van der Waals surface area contributed by atoms with Crippen molar-refractivity contribution in [2.24, 2.45) is 0 Å². The van der Waals surface area contributed by atoms with Crippen LogP contribution in [0.3, 0.4) is 0 Å². The smallest absolute Gasteiger partial charge is 0.337 e. The maximum Gasteiger partial charge on any atom is 0.337 e. The van der Waals surface area contributed by atoms with E-state index in [1.165, 1.54) is 0 Å². The fourth-order valence-corrected chi connectivity index (χ4v) is 2.64. The average molecular weight is 343 g/mol. The third kappa shape index (κ3) is 4.80. The lowest BCUT2D eigenvalue weighted by molar-refractivity contribution is 0.0697. The maximum absolute atomic E-state index is 11.2. The number of carbonyl (C=O) groups is 1. The molecule has 0 aliphatic rings. The molecule has 0 aromatic heterocycles. The second-order valence-corrected chi connectivity index (χ2v) is 6.26. The van der Waals surface area contributed by atoms with Gasteiger partial charge in [0.2, 0.25) is 0 Å². The van der Waals surface area contributed by atoms with Crippen molar-refractivity contribution in [3.8, 4) is 0 Å². The molecule has 5 heteroatoms. The molecule has 1 aromatic rings. The van der Waals surface area contributed by atoms with E-state index in [2.05, 4.69) is 53.8 Å². The Labute approximate surface area is 129 Å². The standard InChI is InChI=1S/C15H23BrN2O2/c1-10(2)18(11(3)4)8-7-17-14-6-5-12(16)9-13(14)15(19)20/h5-6,9-11,17H,7-8H2,1-4H3,(H,19,20). The summed E-state index contributed by atoms with van der Waals surface area (Å²) in [6.07, 6.45) is 0. The summed E-state index contributed by atoms with van der Waals surface area (Å²) in [5.41, 5.74) is 0.952. The van der Waals surface area contributed by atoms with Gasteiger partial charge in [0.15, 0.2) is 0 Å². The summed E-state index contributed by atoms with van der Waals surface area (Å²) in [6.45, 7) is 10.3. The van der Waals surface area contributed by atoms with Crippen molar-refractivity contribution in [2.45, 2.75) is 39.8 Å². The highest BCUT2D eigenvalue weighted by molar-refractivity contribution is 9.10. The fourth-order valence-electron chi connectivity index (χ4n) is 2.28. The molecule has 0 fully saturated rings. The first-order chi connectivity index (χ1) is 9.32. The Bertz CT molecular complexity index is 453. The first kappa shape index (κ1) is 17.0. The Hall–Kier alpha value is -1.07. The zero-order valence-electron chi connectivity index (χ0n) is 12.5. The number of hydrogen-bond donors (Lipinski definition) is 2. The topological polar surface area (TPSA) is 52.6 Å². The van der Waals surface area contributed by atoms with Crippen molar-refractivity contribution in [2.75, 3.05) is 18.4 Å². The number of carboxylic acids is 1. The maximum atomic E-state index is 11.2. The van der Waals surface area contributed by atoms with Crippen LogP contribution in [0.4, 0.5) is 5.69 Å². The largest absolute Gasteiger partial charge is 0.478 e. The molecule has 0 aliphatic heterocycles. The van der Waals surface area contributed by atoms with Gasteiger partial charge < -0.3 is 10.4 Å². The summed E-state index contributed by atoms with van der Waals surface area (Å²) in [4.78, 5) is 13.6. The molecule has 0 atom stereocenters. The highest BCUT2D eigenvalue weighted by Crippen LogP contribution is 2.21. The number of rotatable bonds is 7. The van der Waals surface area contributed by atoms with Gasteiger partial charge in [-0.2, -0.15) is 0 Å². The molecule has 4 nitrogen and oxygen atoms in total. The monoisotopic (exact) mass is 342 g/mol. The summed E-state index contributed by atoms with van der Waals surface area (Å²) >= 11 is 3.29. The molecule has 0 aliphatic carbocycles. The molecule has 0 radical (unpaired) electrons. The van der Waals surface area contributed by atoms with E-state index in [0.29, 0.717) is 23.3 Å². The van der Waals surface area contributed by atoms with Crippen molar-refractivity contribution in [1.29, 1.82) is 0 Å². The second-order valence-electron chi connectivity index (χ2n) is 5.35. The first-order valence-electron chi connectivity index (χ1n) is 6.85. The van der Waals surface area contributed by atoms with Crippen LogP contribution in [0.5, 0.6) is 0 Å². The fraction of sp³-hybridized carbons (Fsp3) is 0.533. The molecular formula is C15H23BrN2O2. The van der Waals surface area contributed by atoms with Crippen LogP contribution in [0.25, 0.3) is 0 Å². The minimum absolute atomic E-state index is 0.292. The summed E-state index contributed by atoms with van der Waals surface area (Å²) < 4.78 is 0.770. The number of hydrogen-bond acceptors (Lipinski definition) is 3. The van der Waals surface area contributed by atoms with E-state index < -0.39 is 5.97 Å². The number of aromatic carboxylic acids is 1. The van der Waals surface area contributed by atoms with Gasteiger partial charge in [0.25, 0.3) is 0 Å². The number of nitrogens with zero attached hydrogens (tertiary/aromatic N) is 1. The van der Waals surface area contributed by atoms with Crippen LogP contribution in [0.2, 0.25) is 0 Å². The predicted octanol–water partition coefficient (Wildman–Crippen LogP) is 3.68. The van der Waals surface area contributed by atoms with Crippen LogP contribution in [0, 0.1) is 0 Å². The van der Waals surface area contributed by atoms with E-state index in [4.69, 9.17) is 0 Å². The number of halogens is 1. The van der Waals surface area contributed by atoms with Gasteiger partial charge in [0.1, 0.15) is 0 Å². The van der Waals surface area contributed by atoms with Crippen LogP contribution in [-0.4, -0.2) is 41.1 Å². The SMILES string of the molecule is CC(C)N(CCNc1ccc(Br)cc1C(=O)O)C(C)C. The molecule has 1 rings (SSSR count). The summed E-state index contributed by atoms with van der Waals surface area (Å²) in [7, 11) is 0. The molecular weight excluding hydrogens is 320 g/mol. The second kappa shape index (κ2) is 7.64. The van der Waals surface area contributed by atoms with E-state index >= 15 is 0 Å². The van der Waals surface area contributed by atoms with Gasteiger partial charge in [-0.15, -0.1) is 0 Å². The van der Waals surface area contributed by atoms with Gasteiger partial charge in [0, 0.05) is 35.3 Å². The number of nitrogens with one attached hydrogen (secondary N) is 1. The van der Waals surface area contributed by atoms with Gasteiger partial charge >= 0.3 is 5.97 Å². The van der Waals surface area contributed by atoms with E-state index in [-0.39, 0.29) is 0 Å². The summed E-state index contributed by atoms with van der Waals surface area (Å²) in [5.74, 6) is -0.918. The Balaban J connectivity index is 2.68. The molecule has 0 unspecified atom stereocenters. The molecule has 0 spiro atoms. The quantitative estimate of drug-likeness (QED) is 0.793. The van der Waals surface area contributed by atoms with Gasteiger partial charge in [-0.3, -0.25) is 4.90 Å². The lowest BCUT2D eigenvalue weighted by atomic mass is 10.2. The zero-order chi connectivity index (χ0) is 15.3. The van der Waals surface area contributed by atoms with Crippen LogP contribution >= 0.6 is 15.9 Å². The lowest BCUT2D eigenvalue weighted by Gasteiger charge is -2.30. The summed E-state index contributed by atoms with van der Waals surface area (Å²) in [6, 6.07) is 6.20. The number of anilines is 1. The van der Waals surface area contributed by atoms with Gasteiger partial charge in [0.05, 0.1) is 5.56 Å². The van der Waals surface area contributed by atoms with Crippen molar-refractivity contribution in [3.63, 3.8) is 0 Å². The van der Waals surface area contributed by atoms with Crippen LogP contribution in [0.1, 0.15) is 38.1 Å². The first-order valence-corrected chi connectivity index (χ1v) is 7.64. The van der Waals surface area contributed by atoms with Crippen molar-refractivity contribution in [3.05, 3.63) is 28.2 Å². The molecule has 2 N–H and O–H groups in total. The normalized spacial score (nSPS) is 11.4. The van der Waals surface area contributed by atoms with Gasteiger partial charge in [-0.1, -0.05) is 15.9 Å². The number of benzene rings is 1. The highest BCUT2D eigenvalue weighted by Gasteiger charge is 2.14.